The van der Waals surface area contributed by atoms with Crippen LogP contribution in [0, 0.1) is 23.7 Å². The summed E-state index contributed by atoms with van der Waals surface area (Å²) in [5, 5.41) is 11.2. The SMILES string of the molecule is CCOC(=O)/C=C1\C=C[C@](C)([C@H](O)C[C@H]2C(C)=CC[C@H](C(C)C)[C@H]2C(OC)OC)O1. The van der Waals surface area contributed by atoms with E-state index in [1.807, 2.05) is 13.0 Å². The summed E-state index contributed by atoms with van der Waals surface area (Å²) in [5.74, 6) is 1.02. The van der Waals surface area contributed by atoms with Crippen molar-refractivity contribution in [2.24, 2.45) is 23.7 Å². The van der Waals surface area contributed by atoms with Gasteiger partial charge in [0.15, 0.2) is 11.9 Å². The topological polar surface area (TPSA) is 74.2 Å². The van der Waals surface area contributed by atoms with Crippen molar-refractivity contribution in [1.82, 2.24) is 0 Å². The van der Waals surface area contributed by atoms with Gasteiger partial charge in [0.2, 0.25) is 0 Å². The lowest BCUT2D eigenvalue weighted by atomic mass is 9.65. The quantitative estimate of drug-likeness (QED) is 0.262. The van der Waals surface area contributed by atoms with E-state index in [9.17, 15) is 9.90 Å². The number of esters is 1. The first-order valence-electron chi connectivity index (χ1n) is 10.8. The number of hydrogen-bond donors (Lipinski definition) is 1. The lowest BCUT2D eigenvalue weighted by Crippen LogP contribution is -2.45. The molecule has 6 heteroatoms. The third kappa shape index (κ3) is 5.54. The highest BCUT2D eigenvalue weighted by atomic mass is 16.7. The molecular weight excluding hydrogens is 384 g/mol. The summed E-state index contributed by atoms with van der Waals surface area (Å²) in [4.78, 5) is 11.7. The number of hydrogen-bond acceptors (Lipinski definition) is 6. The third-order valence-corrected chi connectivity index (χ3v) is 6.49. The van der Waals surface area contributed by atoms with Crippen molar-refractivity contribution < 1.29 is 28.8 Å². The molecule has 0 aromatic heterocycles. The second kappa shape index (κ2) is 10.6. The smallest absolute Gasteiger partial charge is 0.334 e. The monoisotopic (exact) mass is 422 g/mol. The van der Waals surface area contributed by atoms with Crippen LogP contribution in [0.5, 0.6) is 0 Å². The number of carbonyl (C=O) groups is 1. The molecule has 2 aliphatic rings. The number of carbonyl (C=O) groups excluding carboxylic acids is 1. The van der Waals surface area contributed by atoms with E-state index in [0.29, 0.717) is 30.6 Å². The Bertz CT molecular complexity index is 675. The van der Waals surface area contributed by atoms with Gasteiger partial charge in [-0.05, 0) is 63.5 Å². The average molecular weight is 423 g/mol. The van der Waals surface area contributed by atoms with Gasteiger partial charge in [0.05, 0.1) is 18.8 Å². The van der Waals surface area contributed by atoms with E-state index in [-0.39, 0.29) is 18.1 Å². The Kier molecular flexibility index (Phi) is 8.71. The zero-order valence-electron chi connectivity index (χ0n) is 19.4. The molecule has 1 N–H and O–H groups in total. The number of methoxy groups -OCH3 is 2. The van der Waals surface area contributed by atoms with E-state index in [0.717, 1.165) is 6.42 Å². The Balaban J connectivity index is 2.21. The summed E-state index contributed by atoms with van der Waals surface area (Å²) in [6.07, 6.45) is 7.49. The van der Waals surface area contributed by atoms with Crippen LogP contribution in [0.3, 0.4) is 0 Å². The van der Waals surface area contributed by atoms with Crippen molar-refractivity contribution in [2.45, 2.75) is 65.5 Å². The largest absolute Gasteiger partial charge is 0.481 e. The summed E-state index contributed by atoms with van der Waals surface area (Å²) in [7, 11) is 3.34. The normalized spacial score (nSPS) is 31.2. The van der Waals surface area contributed by atoms with Crippen molar-refractivity contribution in [1.29, 1.82) is 0 Å². The van der Waals surface area contributed by atoms with Gasteiger partial charge < -0.3 is 24.1 Å². The van der Waals surface area contributed by atoms with Crippen molar-refractivity contribution in [2.75, 3.05) is 20.8 Å². The van der Waals surface area contributed by atoms with E-state index >= 15 is 0 Å². The molecule has 0 aromatic rings. The molecule has 170 valence electrons. The lowest BCUT2D eigenvalue weighted by Gasteiger charge is -2.44. The van der Waals surface area contributed by atoms with E-state index in [1.54, 1.807) is 27.2 Å². The Morgan fingerprint density at radius 3 is 2.60 bits per heavy atom. The van der Waals surface area contributed by atoms with Gasteiger partial charge in [-0.3, -0.25) is 0 Å². The van der Waals surface area contributed by atoms with Crippen LogP contribution in [-0.4, -0.2) is 49.9 Å². The summed E-state index contributed by atoms with van der Waals surface area (Å²) >= 11 is 0. The molecule has 0 radical (unpaired) electrons. The van der Waals surface area contributed by atoms with Gasteiger partial charge in [-0.1, -0.05) is 25.5 Å². The second-order valence-electron chi connectivity index (χ2n) is 8.78. The molecule has 2 rings (SSSR count). The van der Waals surface area contributed by atoms with Crippen LogP contribution in [0.2, 0.25) is 0 Å². The van der Waals surface area contributed by atoms with Crippen LogP contribution in [0.15, 0.2) is 35.6 Å². The number of allylic oxidation sites excluding steroid dienone is 3. The average Bonchev–Trinajstić information content (AvgIpc) is 3.07. The molecule has 0 aromatic carbocycles. The molecule has 6 nitrogen and oxygen atoms in total. The van der Waals surface area contributed by atoms with E-state index < -0.39 is 17.7 Å². The van der Waals surface area contributed by atoms with Gasteiger partial charge >= 0.3 is 5.97 Å². The van der Waals surface area contributed by atoms with E-state index in [4.69, 9.17) is 18.9 Å². The first kappa shape index (κ1) is 24.6. The first-order valence-corrected chi connectivity index (χ1v) is 10.8. The minimum atomic E-state index is -0.913. The highest BCUT2D eigenvalue weighted by molar-refractivity contribution is 5.83. The molecule has 1 heterocycles. The third-order valence-electron chi connectivity index (χ3n) is 6.49. The molecule has 30 heavy (non-hydrogen) atoms. The standard InChI is InChI=1S/C24H38O6/c1-8-29-21(26)13-17-11-12-24(5,30-17)20(25)14-19-16(4)9-10-18(15(2)3)22(19)23(27-6)28-7/h9,11-13,15,18-20,22-23,25H,8,10,14H2,1-7H3/b17-13+/t18-,19+,20-,22-,24-/m1/s1. The first-order chi connectivity index (χ1) is 14.2. The van der Waals surface area contributed by atoms with Gasteiger partial charge in [0.25, 0.3) is 0 Å². The highest BCUT2D eigenvalue weighted by Crippen LogP contribution is 2.45. The summed E-state index contributed by atoms with van der Waals surface area (Å²) < 4.78 is 22.2. The summed E-state index contributed by atoms with van der Waals surface area (Å²) in [6.45, 7) is 10.4. The predicted molar refractivity (Wildman–Crippen MR) is 115 cm³/mol. The molecule has 0 bridgehead atoms. The van der Waals surface area contributed by atoms with Crippen molar-refractivity contribution in [3.05, 3.63) is 35.6 Å². The van der Waals surface area contributed by atoms with Gasteiger partial charge in [0, 0.05) is 20.1 Å². The Morgan fingerprint density at radius 2 is 2.03 bits per heavy atom. The molecule has 5 atom stereocenters. The Morgan fingerprint density at radius 1 is 1.37 bits per heavy atom. The van der Waals surface area contributed by atoms with Crippen LogP contribution >= 0.6 is 0 Å². The Labute approximate surface area is 180 Å². The molecular formula is C24H38O6. The van der Waals surface area contributed by atoms with Crippen LogP contribution in [0.4, 0.5) is 0 Å². The minimum absolute atomic E-state index is 0.0953. The zero-order valence-corrected chi connectivity index (χ0v) is 19.4. The van der Waals surface area contributed by atoms with E-state index in [2.05, 4.69) is 26.8 Å². The molecule has 0 saturated carbocycles. The second-order valence-corrected chi connectivity index (χ2v) is 8.78. The molecule has 0 saturated heterocycles. The van der Waals surface area contributed by atoms with Crippen LogP contribution in [0.1, 0.15) is 47.5 Å². The van der Waals surface area contributed by atoms with Gasteiger partial charge in [-0.15, -0.1) is 0 Å². The van der Waals surface area contributed by atoms with Crippen LogP contribution < -0.4 is 0 Å². The summed E-state index contributed by atoms with van der Waals surface area (Å²) in [5.41, 5.74) is 0.326. The van der Waals surface area contributed by atoms with Crippen molar-refractivity contribution >= 4 is 5.97 Å². The number of rotatable bonds is 9. The minimum Gasteiger partial charge on any atom is -0.481 e. The molecule has 0 fully saturated rings. The predicted octanol–water partition coefficient (Wildman–Crippen LogP) is 4.00. The fraction of sp³-hybridized carbons (Fsp3) is 0.708. The molecule has 0 amide bonds. The van der Waals surface area contributed by atoms with Crippen molar-refractivity contribution in [3.63, 3.8) is 0 Å². The fourth-order valence-electron chi connectivity index (χ4n) is 4.69. The molecule has 1 aliphatic heterocycles. The van der Waals surface area contributed by atoms with Gasteiger partial charge in [-0.2, -0.15) is 0 Å². The zero-order chi connectivity index (χ0) is 22.5. The molecule has 0 unspecified atom stereocenters. The van der Waals surface area contributed by atoms with Gasteiger partial charge in [-0.25, -0.2) is 4.79 Å². The van der Waals surface area contributed by atoms with Crippen LogP contribution in [-0.2, 0) is 23.7 Å². The maximum atomic E-state index is 11.7. The maximum absolute atomic E-state index is 11.7. The lowest BCUT2D eigenvalue weighted by molar-refractivity contribution is -0.170. The Hall–Kier alpha value is -1.63. The molecule has 0 spiro atoms. The van der Waals surface area contributed by atoms with Gasteiger partial charge in [0.1, 0.15) is 5.76 Å². The fourth-order valence-corrected chi connectivity index (χ4v) is 4.69. The number of aliphatic hydroxyl groups is 1. The number of ether oxygens (including phenoxy) is 4. The highest BCUT2D eigenvalue weighted by Gasteiger charge is 2.45. The summed E-state index contributed by atoms with van der Waals surface area (Å²) in [6, 6.07) is 0. The molecule has 1 aliphatic carbocycles. The number of aliphatic hydroxyl groups excluding tert-OH is 1. The van der Waals surface area contributed by atoms with Crippen LogP contribution in [0.25, 0.3) is 0 Å². The van der Waals surface area contributed by atoms with Crippen molar-refractivity contribution in [3.8, 4) is 0 Å². The van der Waals surface area contributed by atoms with E-state index in [1.165, 1.54) is 11.6 Å². The maximum Gasteiger partial charge on any atom is 0.334 e.